The fourth-order valence-electron chi connectivity index (χ4n) is 2.56. The summed E-state index contributed by atoms with van der Waals surface area (Å²) in [6, 6.07) is 0. The van der Waals surface area contributed by atoms with Crippen molar-refractivity contribution in [3.05, 3.63) is 0 Å². The largest absolute Gasteiger partial charge is 0.394 e. The molecule has 0 aliphatic heterocycles. The second-order valence-corrected chi connectivity index (χ2v) is 5.28. The highest BCUT2D eigenvalue weighted by molar-refractivity contribution is 5.02. The van der Waals surface area contributed by atoms with Crippen molar-refractivity contribution in [2.24, 2.45) is 16.7 Å². The van der Waals surface area contributed by atoms with E-state index in [1.165, 1.54) is 0 Å². The van der Waals surface area contributed by atoms with Gasteiger partial charge in [0, 0.05) is 5.41 Å². The normalized spacial score (nSPS) is 40.6. The first kappa shape index (κ1) is 11.0. The molecule has 0 unspecified atom stereocenters. The zero-order valence-electron chi connectivity index (χ0n) is 9.17. The Bertz CT molecular complexity index is 189. The van der Waals surface area contributed by atoms with E-state index in [0.29, 0.717) is 5.92 Å². The Balaban J connectivity index is 2.91. The van der Waals surface area contributed by atoms with Gasteiger partial charge < -0.3 is 10.2 Å². The van der Waals surface area contributed by atoms with Gasteiger partial charge in [0.15, 0.2) is 0 Å². The van der Waals surface area contributed by atoms with Crippen LogP contribution in [0.5, 0.6) is 0 Å². The fourth-order valence-corrected chi connectivity index (χ4v) is 2.56. The van der Waals surface area contributed by atoms with Gasteiger partial charge in [-0.3, -0.25) is 0 Å². The molecule has 0 saturated heterocycles. The van der Waals surface area contributed by atoms with Gasteiger partial charge in [-0.05, 0) is 24.2 Å². The lowest BCUT2D eigenvalue weighted by Gasteiger charge is -2.43. The lowest BCUT2D eigenvalue weighted by atomic mass is 9.63. The molecular weight excluding hydrogens is 164 g/mol. The van der Waals surface area contributed by atoms with E-state index < -0.39 is 6.10 Å². The average Bonchev–Trinajstić information content (AvgIpc) is 2.29. The minimum atomic E-state index is -0.576. The lowest BCUT2D eigenvalue weighted by molar-refractivity contribution is -0.0659. The summed E-state index contributed by atoms with van der Waals surface area (Å²) in [4.78, 5) is 0. The molecule has 1 aliphatic rings. The van der Waals surface area contributed by atoms with Gasteiger partial charge >= 0.3 is 0 Å². The van der Waals surface area contributed by atoms with Crippen molar-refractivity contribution in [2.75, 3.05) is 6.61 Å². The van der Waals surface area contributed by atoms with E-state index in [-0.39, 0.29) is 17.4 Å². The fraction of sp³-hybridized carbons (Fsp3) is 1.00. The van der Waals surface area contributed by atoms with Crippen molar-refractivity contribution in [2.45, 2.75) is 46.6 Å². The molecule has 1 rings (SSSR count). The maximum Gasteiger partial charge on any atom is 0.0829 e. The number of hydrogen-bond donors (Lipinski definition) is 2. The maximum atomic E-state index is 9.82. The van der Waals surface area contributed by atoms with E-state index in [1.807, 2.05) is 0 Å². The standard InChI is InChI=1S/C11H22O2/c1-8-5-6-11(4,9(13)7-12)10(8,2)3/h8-9,12-13H,5-7H2,1-4H3/t8-,9-,11+/m1/s1. The third-order valence-corrected chi connectivity index (χ3v) is 4.71. The third kappa shape index (κ3) is 1.40. The smallest absolute Gasteiger partial charge is 0.0829 e. The van der Waals surface area contributed by atoms with Gasteiger partial charge in [-0.15, -0.1) is 0 Å². The molecule has 0 heterocycles. The molecule has 1 fully saturated rings. The van der Waals surface area contributed by atoms with Gasteiger partial charge in [-0.1, -0.05) is 27.7 Å². The van der Waals surface area contributed by atoms with Crippen molar-refractivity contribution >= 4 is 0 Å². The van der Waals surface area contributed by atoms with Crippen LogP contribution in [0.2, 0.25) is 0 Å². The zero-order chi connectivity index (χ0) is 10.3. The second kappa shape index (κ2) is 3.25. The van der Waals surface area contributed by atoms with E-state index in [4.69, 9.17) is 5.11 Å². The molecule has 2 nitrogen and oxygen atoms in total. The van der Waals surface area contributed by atoms with Gasteiger partial charge in [-0.2, -0.15) is 0 Å². The number of aliphatic hydroxyl groups is 2. The van der Waals surface area contributed by atoms with E-state index in [9.17, 15) is 5.11 Å². The molecule has 0 amide bonds. The van der Waals surface area contributed by atoms with Crippen LogP contribution in [0.25, 0.3) is 0 Å². The van der Waals surface area contributed by atoms with Crippen molar-refractivity contribution in [3.8, 4) is 0 Å². The Morgan fingerprint density at radius 2 is 1.92 bits per heavy atom. The van der Waals surface area contributed by atoms with E-state index in [1.54, 1.807) is 0 Å². The lowest BCUT2D eigenvalue weighted by Crippen LogP contribution is -2.44. The first-order chi connectivity index (χ1) is 5.86. The minimum absolute atomic E-state index is 0.118. The highest BCUT2D eigenvalue weighted by Gasteiger charge is 2.53. The van der Waals surface area contributed by atoms with Crippen LogP contribution in [0.4, 0.5) is 0 Å². The van der Waals surface area contributed by atoms with Gasteiger partial charge in [0.1, 0.15) is 0 Å². The van der Waals surface area contributed by atoms with Crippen LogP contribution in [-0.4, -0.2) is 22.9 Å². The molecule has 1 saturated carbocycles. The molecule has 0 bridgehead atoms. The Hall–Kier alpha value is -0.0800. The van der Waals surface area contributed by atoms with E-state index in [2.05, 4.69) is 27.7 Å². The maximum absolute atomic E-state index is 9.82. The topological polar surface area (TPSA) is 40.5 Å². The number of hydrogen-bond acceptors (Lipinski definition) is 2. The molecule has 0 aromatic carbocycles. The van der Waals surface area contributed by atoms with E-state index >= 15 is 0 Å². The summed E-state index contributed by atoms with van der Waals surface area (Å²) in [5, 5.41) is 18.8. The molecule has 78 valence electrons. The van der Waals surface area contributed by atoms with Crippen LogP contribution in [-0.2, 0) is 0 Å². The molecule has 1 aliphatic carbocycles. The first-order valence-electron chi connectivity index (χ1n) is 5.15. The van der Waals surface area contributed by atoms with Crippen LogP contribution in [0.3, 0.4) is 0 Å². The molecule has 0 aromatic rings. The van der Waals surface area contributed by atoms with Crippen LogP contribution in [0.1, 0.15) is 40.5 Å². The van der Waals surface area contributed by atoms with E-state index in [0.717, 1.165) is 12.8 Å². The van der Waals surface area contributed by atoms with Crippen molar-refractivity contribution in [1.29, 1.82) is 0 Å². The summed E-state index contributed by atoms with van der Waals surface area (Å²) in [6.45, 7) is 8.60. The summed E-state index contributed by atoms with van der Waals surface area (Å²) in [5.41, 5.74) is -0.00366. The Kier molecular flexibility index (Phi) is 2.75. The summed E-state index contributed by atoms with van der Waals surface area (Å²) >= 11 is 0. The Morgan fingerprint density at radius 1 is 1.38 bits per heavy atom. The second-order valence-electron chi connectivity index (χ2n) is 5.28. The monoisotopic (exact) mass is 186 g/mol. The SMILES string of the molecule is C[C@@H]1CC[C@@](C)([C@H](O)CO)C1(C)C. The van der Waals surface area contributed by atoms with Gasteiger partial charge in [0.2, 0.25) is 0 Å². The molecule has 13 heavy (non-hydrogen) atoms. The first-order valence-corrected chi connectivity index (χ1v) is 5.15. The molecule has 3 atom stereocenters. The number of aliphatic hydroxyl groups excluding tert-OH is 2. The van der Waals surface area contributed by atoms with Gasteiger partial charge in [-0.25, -0.2) is 0 Å². The minimum Gasteiger partial charge on any atom is -0.394 e. The zero-order valence-corrected chi connectivity index (χ0v) is 9.17. The van der Waals surface area contributed by atoms with Gasteiger partial charge in [0.25, 0.3) is 0 Å². The van der Waals surface area contributed by atoms with Crippen molar-refractivity contribution < 1.29 is 10.2 Å². The predicted molar refractivity (Wildman–Crippen MR) is 53.4 cm³/mol. The summed E-state index contributed by atoms with van der Waals surface area (Å²) in [5.74, 6) is 0.624. The van der Waals surface area contributed by atoms with Crippen LogP contribution < -0.4 is 0 Å². The van der Waals surface area contributed by atoms with Crippen molar-refractivity contribution in [1.82, 2.24) is 0 Å². The Labute approximate surface area is 81.0 Å². The highest BCUT2D eigenvalue weighted by atomic mass is 16.3. The van der Waals surface area contributed by atoms with Crippen LogP contribution in [0.15, 0.2) is 0 Å². The predicted octanol–water partition coefficient (Wildman–Crippen LogP) is 1.80. The molecule has 0 aromatic heterocycles. The van der Waals surface area contributed by atoms with Crippen LogP contribution in [0, 0.1) is 16.7 Å². The summed E-state index contributed by atoms with van der Waals surface area (Å²) in [6.07, 6.45) is 1.59. The highest BCUT2D eigenvalue weighted by Crippen LogP contribution is 2.57. The molecule has 0 spiro atoms. The summed E-state index contributed by atoms with van der Waals surface area (Å²) in [7, 11) is 0. The third-order valence-electron chi connectivity index (χ3n) is 4.71. The quantitative estimate of drug-likeness (QED) is 0.690. The van der Waals surface area contributed by atoms with Gasteiger partial charge in [0.05, 0.1) is 12.7 Å². The van der Waals surface area contributed by atoms with Crippen LogP contribution >= 0.6 is 0 Å². The van der Waals surface area contributed by atoms with Crippen molar-refractivity contribution in [3.63, 3.8) is 0 Å². The molecular formula is C11H22O2. The summed E-state index contributed by atoms with van der Waals surface area (Å²) < 4.78 is 0. The molecule has 0 radical (unpaired) electrons. The molecule has 2 N–H and O–H groups in total. The Morgan fingerprint density at radius 3 is 2.23 bits per heavy atom. The average molecular weight is 186 g/mol. The number of rotatable bonds is 2. The molecule has 2 heteroatoms.